The van der Waals surface area contributed by atoms with Crippen molar-refractivity contribution < 1.29 is 9.59 Å². The fourth-order valence-corrected chi connectivity index (χ4v) is 3.32. The van der Waals surface area contributed by atoms with Crippen molar-refractivity contribution in [2.45, 2.75) is 13.1 Å². The smallest absolute Gasteiger partial charge is 0.255 e. The molecule has 1 aliphatic heterocycles. The van der Waals surface area contributed by atoms with Crippen molar-refractivity contribution in [1.82, 2.24) is 19.9 Å². The summed E-state index contributed by atoms with van der Waals surface area (Å²) < 4.78 is 0. The van der Waals surface area contributed by atoms with Crippen molar-refractivity contribution in [3.05, 3.63) is 77.0 Å². The molecule has 4 rings (SSSR count). The van der Waals surface area contributed by atoms with Gasteiger partial charge in [0, 0.05) is 24.5 Å². The highest BCUT2D eigenvalue weighted by Gasteiger charge is 2.27. The second-order valence-corrected chi connectivity index (χ2v) is 7.35. The van der Waals surface area contributed by atoms with Crippen LogP contribution in [0.2, 0.25) is 5.02 Å². The summed E-state index contributed by atoms with van der Waals surface area (Å²) in [6.45, 7) is 0.847. The number of hydrogen-bond acceptors (Lipinski definition) is 6. The average Bonchev–Trinajstić information content (AvgIpc) is 2.77. The molecular formula is C21H19ClN6O2. The SMILES string of the molecule is CN(Cc1ccncn1)C(=O)c1cnc2c(c1)N(Cc1ccc(Cl)cc1)C(=O)CN2. The Labute approximate surface area is 178 Å². The van der Waals surface area contributed by atoms with Gasteiger partial charge >= 0.3 is 0 Å². The number of anilines is 2. The first-order valence-electron chi connectivity index (χ1n) is 9.30. The number of carbonyl (C=O) groups is 2. The molecule has 152 valence electrons. The Morgan fingerprint density at radius 3 is 2.77 bits per heavy atom. The van der Waals surface area contributed by atoms with Crippen LogP contribution < -0.4 is 10.2 Å². The molecule has 0 unspecified atom stereocenters. The highest BCUT2D eigenvalue weighted by atomic mass is 35.5. The lowest BCUT2D eigenvalue weighted by molar-refractivity contribution is -0.117. The van der Waals surface area contributed by atoms with Gasteiger partial charge in [-0.05, 0) is 29.8 Å². The second-order valence-electron chi connectivity index (χ2n) is 6.91. The molecule has 0 fully saturated rings. The van der Waals surface area contributed by atoms with E-state index in [-0.39, 0.29) is 18.4 Å². The molecule has 0 radical (unpaired) electrons. The van der Waals surface area contributed by atoms with Gasteiger partial charge in [0.1, 0.15) is 6.33 Å². The van der Waals surface area contributed by atoms with E-state index in [1.165, 1.54) is 12.5 Å². The third-order valence-corrected chi connectivity index (χ3v) is 5.01. The van der Waals surface area contributed by atoms with E-state index < -0.39 is 0 Å². The third kappa shape index (κ3) is 4.23. The highest BCUT2D eigenvalue weighted by Crippen LogP contribution is 2.30. The largest absolute Gasteiger partial charge is 0.359 e. The normalized spacial score (nSPS) is 12.9. The average molecular weight is 423 g/mol. The zero-order valence-corrected chi connectivity index (χ0v) is 17.0. The molecule has 0 atom stereocenters. The number of aromatic nitrogens is 3. The third-order valence-electron chi connectivity index (χ3n) is 4.76. The molecule has 0 spiro atoms. The number of benzene rings is 1. The van der Waals surface area contributed by atoms with E-state index in [4.69, 9.17) is 11.6 Å². The van der Waals surface area contributed by atoms with Crippen molar-refractivity contribution >= 4 is 34.9 Å². The maximum Gasteiger partial charge on any atom is 0.255 e. The first-order valence-corrected chi connectivity index (χ1v) is 9.68. The summed E-state index contributed by atoms with van der Waals surface area (Å²) in [5.41, 5.74) is 2.62. The molecule has 1 aromatic carbocycles. The first kappa shape index (κ1) is 19.8. The lowest BCUT2D eigenvalue weighted by Crippen LogP contribution is -2.40. The van der Waals surface area contributed by atoms with Crippen LogP contribution in [0.25, 0.3) is 0 Å². The Bertz CT molecular complexity index is 1070. The number of nitrogens with zero attached hydrogens (tertiary/aromatic N) is 5. The van der Waals surface area contributed by atoms with Crippen LogP contribution in [0.5, 0.6) is 0 Å². The molecule has 9 heteroatoms. The van der Waals surface area contributed by atoms with E-state index in [1.807, 2.05) is 12.1 Å². The molecular weight excluding hydrogens is 404 g/mol. The van der Waals surface area contributed by atoms with Gasteiger partial charge in [-0.15, -0.1) is 0 Å². The molecule has 2 aromatic heterocycles. The summed E-state index contributed by atoms with van der Waals surface area (Å²) >= 11 is 5.96. The van der Waals surface area contributed by atoms with Gasteiger partial charge < -0.3 is 15.1 Å². The van der Waals surface area contributed by atoms with Crippen LogP contribution in [0.15, 0.2) is 55.1 Å². The molecule has 30 heavy (non-hydrogen) atoms. The van der Waals surface area contributed by atoms with Gasteiger partial charge in [-0.25, -0.2) is 15.0 Å². The van der Waals surface area contributed by atoms with E-state index in [9.17, 15) is 9.59 Å². The number of hydrogen-bond donors (Lipinski definition) is 1. The Kier molecular flexibility index (Phi) is 5.58. The topological polar surface area (TPSA) is 91.3 Å². The molecule has 0 aliphatic carbocycles. The van der Waals surface area contributed by atoms with E-state index in [1.54, 1.807) is 47.3 Å². The molecule has 3 heterocycles. The van der Waals surface area contributed by atoms with Crippen molar-refractivity contribution in [2.24, 2.45) is 0 Å². The summed E-state index contributed by atoms with van der Waals surface area (Å²) in [6, 6.07) is 10.8. The van der Waals surface area contributed by atoms with Gasteiger partial charge in [-0.1, -0.05) is 23.7 Å². The van der Waals surface area contributed by atoms with Crippen LogP contribution in [-0.4, -0.2) is 45.3 Å². The van der Waals surface area contributed by atoms with E-state index >= 15 is 0 Å². The molecule has 0 saturated carbocycles. The maximum atomic E-state index is 12.9. The van der Waals surface area contributed by atoms with Crippen molar-refractivity contribution in [1.29, 1.82) is 0 Å². The molecule has 8 nitrogen and oxygen atoms in total. The lowest BCUT2D eigenvalue weighted by atomic mass is 10.1. The number of amides is 2. The first-order chi connectivity index (χ1) is 14.5. The van der Waals surface area contributed by atoms with Gasteiger partial charge in [0.05, 0.1) is 36.6 Å². The summed E-state index contributed by atoms with van der Waals surface area (Å²) in [5, 5.41) is 3.64. The van der Waals surface area contributed by atoms with Gasteiger partial charge in [0.25, 0.3) is 5.91 Å². The van der Waals surface area contributed by atoms with Gasteiger partial charge in [0.15, 0.2) is 5.82 Å². The van der Waals surface area contributed by atoms with Gasteiger partial charge in [-0.2, -0.15) is 0 Å². The minimum Gasteiger partial charge on any atom is -0.359 e. The lowest BCUT2D eigenvalue weighted by Gasteiger charge is -2.30. The van der Waals surface area contributed by atoms with Crippen molar-refractivity contribution in [3.8, 4) is 0 Å². The van der Waals surface area contributed by atoms with Crippen LogP contribution in [0.3, 0.4) is 0 Å². The predicted octanol–water partition coefficient (Wildman–Crippen LogP) is 2.76. The number of rotatable bonds is 5. The van der Waals surface area contributed by atoms with Crippen molar-refractivity contribution in [2.75, 3.05) is 23.8 Å². The monoisotopic (exact) mass is 422 g/mol. The zero-order valence-electron chi connectivity index (χ0n) is 16.2. The number of pyridine rings is 1. The van der Waals surface area contributed by atoms with E-state index in [0.29, 0.717) is 35.2 Å². The summed E-state index contributed by atoms with van der Waals surface area (Å²) in [5.74, 6) is 0.255. The number of halogens is 1. The number of carbonyl (C=O) groups excluding carboxylic acids is 2. The Balaban J connectivity index is 1.58. The standard InChI is InChI=1S/C21H19ClN6O2/c1-27(12-17-6-7-23-13-26-17)21(30)15-8-18-20(24-9-15)25-10-19(29)28(18)11-14-2-4-16(22)5-3-14/h2-9,13H,10-12H2,1H3,(H,24,25). The Morgan fingerprint density at radius 2 is 2.03 bits per heavy atom. The predicted molar refractivity (Wildman–Crippen MR) is 113 cm³/mol. The number of nitrogens with one attached hydrogen (secondary N) is 1. The zero-order chi connectivity index (χ0) is 21.1. The second kappa shape index (κ2) is 8.46. The van der Waals surface area contributed by atoms with Gasteiger partial charge in [-0.3, -0.25) is 9.59 Å². The molecule has 2 amide bonds. The molecule has 0 bridgehead atoms. The van der Waals surface area contributed by atoms with Crippen LogP contribution >= 0.6 is 11.6 Å². The fourth-order valence-electron chi connectivity index (χ4n) is 3.19. The number of fused-ring (bicyclic) bond motifs is 1. The van der Waals surface area contributed by atoms with Crippen LogP contribution in [0.1, 0.15) is 21.6 Å². The Morgan fingerprint density at radius 1 is 1.23 bits per heavy atom. The molecule has 1 aliphatic rings. The summed E-state index contributed by atoms with van der Waals surface area (Å²) in [4.78, 5) is 41.1. The van der Waals surface area contributed by atoms with Crippen LogP contribution in [0, 0.1) is 0 Å². The minimum atomic E-state index is -0.214. The Hall–Kier alpha value is -3.52. The quantitative estimate of drug-likeness (QED) is 0.679. The maximum absolute atomic E-state index is 12.9. The summed E-state index contributed by atoms with van der Waals surface area (Å²) in [7, 11) is 1.69. The fraction of sp³-hybridized carbons (Fsp3) is 0.190. The van der Waals surface area contributed by atoms with E-state index in [0.717, 1.165) is 11.3 Å². The highest BCUT2D eigenvalue weighted by molar-refractivity contribution is 6.30. The minimum absolute atomic E-state index is 0.0989. The van der Waals surface area contributed by atoms with Gasteiger partial charge in [0.2, 0.25) is 5.91 Å². The van der Waals surface area contributed by atoms with Crippen LogP contribution in [-0.2, 0) is 17.9 Å². The molecule has 0 saturated heterocycles. The molecule has 1 N–H and O–H groups in total. The van der Waals surface area contributed by atoms with Crippen LogP contribution in [0.4, 0.5) is 11.5 Å². The van der Waals surface area contributed by atoms with Crippen molar-refractivity contribution in [3.63, 3.8) is 0 Å². The molecule has 3 aromatic rings. The summed E-state index contributed by atoms with van der Waals surface area (Å²) in [6.07, 6.45) is 4.59. The van der Waals surface area contributed by atoms with E-state index in [2.05, 4.69) is 20.3 Å².